The summed E-state index contributed by atoms with van der Waals surface area (Å²) in [7, 11) is 0. The number of aliphatic hydroxyl groups excluding tert-OH is 1. The van der Waals surface area contributed by atoms with Crippen molar-refractivity contribution in [3.63, 3.8) is 0 Å². The molecule has 4 atom stereocenters. The van der Waals surface area contributed by atoms with Crippen LogP contribution in [-0.4, -0.2) is 70.3 Å². The minimum absolute atomic E-state index is 0.0364. The number of carbonyl (C=O) groups is 3. The van der Waals surface area contributed by atoms with Gasteiger partial charge in [-0.25, -0.2) is 0 Å². The number of aliphatic hydroxyl groups is 2. The van der Waals surface area contributed by atoms with Gasteiger partial charge in [0.25, 0.3) is 0 Å². The first-order valence-corrected chi connectivity index (χ1v) is 21.3. The van der Waals surface area contributed by atoms with Crippen LogP contribution in [0.3, 0.4) is 0 Å². The van der Waals surface area contributed by atoms with Crippen LogP contribution in [-0.2, 0) is 33.3 Å². The second kappa shape index (κ2) is 15.7. The van der Waals surface area contributed by atoms with Crippen molar-refractivity contribution in [2.24, 2.45) is 51.8 Å². The van der Waals surface area contributed by atoms with Crippen LogP contribution in [0.15, 0.2) is 0 Å². The average Bonchev–Trinajstić information content (AvgIpc) is 3.48. The molecule has 8 aliphatic carbocycles. The SMILES string of the molecule is CCC(C)(C)C(=O)OC1(CC)C2CC3CC(C2)CC1C3.CCC(C)(C)C(=O)OC12CC3CC(CC(O)(C3)C1)C2.CCC(C)(C)C(=O)OC1COCC1O. The Balaban J connectivity index is 0.000000156. The topological polar surface area (TPSA) is 129 Å². The average molecular weight is 747 g/mol. The minimum Gasteiger partial charge on any atom is -0.459 e. The van der Waals surface area contributed by atoms with Gasteiger partial charge in [0.05, 0.1) is 35.1 Å². The third-order valence-corrected chi connectivity index (χ3v) is 15.2. The van der Waals surface area contributed by atoms with Crippen LogP contribution in [0.25, 0.3) is 0 Å². The summed E-state index contributed by atoms with van der Waals surface area (Å²) in [5, 5.41) is 20.0. The molecule has 0 aromatic rings. The van der Waals surface area contributed by atoms with E-state index in [9.17, 15) is 24.6 Å². The lowest BCUT2D eigenvalue weighted by Crippen LogP contribution is -2.61. The Morgan fingerprint density at radius 2 is 1.09 bits per heavy atom. The molecule has 9 fully saturated rings. The van der Waals surface area contributed by atoms with Crippen molar-refractivity contribution in [2.75, 3.05) is 13.2 Å². The van der Waals surface area contributed by atoms with Crippen LogP contribution < -0.4 is 0 Å². The Bertz CT molecular complexity index is 1270. The molecule has 4 unspecified atom stereocenters. The fourth-order valence-electron chi connectivity index (χ4n) is 11.1. The zero-order valence-corrected chi connectivity index (χ0v) is 34.9. The highest BCUT2D eigenvalue weighted by Crippen LogP contribution is 2.61. The highest BCUT2D eigenvalue weighted by atomic mass is 16.6. The van der Waals surface area contributed by atoms with Crippen molar-refractivity contribution >= 4 is 17.9 Å². The van der Waals surface area contributed by atoms with E-state index >= 15 is 0 Å². The molecule has 0 aromatic heterocycles. The number of hydrogen-bond acceptors (Lipinski definition) is 9. The maximum absolute atomic E-state index is 12.6. The van der Waals surface area contributed by atoms with Gasteiger partial charge in [-0.3, -0.25) is 14.4 Å². The summed E-state index contributed by atoms with van der Waals surface area (Å²) in [6, 6.07) is 0. The van der Waals surface area contributed by atoms with E-state index in [4.69, 9.17) is 18.9 Å². The number of carbonyl (C=O) groups excluding carboxylic acids is 3. The van der Waals surface area contributed by atoms with E-state index in [0.717, 1.165) is 63.2 Å². The van der Waals surface area contributed by atoms with Crippen molar-refractivity contribution in [3.05, 3.63) is 0 Å². The van der Waals surface area contributed by atoms with Gasteiger partial charge in [0.15, 0.2) is 6.10 Å². The first-order valence-electron chi connectivity index (χ1n) is 21.3. The lowest BCUT2D eigenvalue weighted by Gasteiger charge is -2.60. The Morgan fingerprint density at radius 3 is 1.51 bits per heavy atom. The molecule has 0 spiro atoms. The highest BCUT2D eigenvalue weighted by molar-refractivity contribution is 5.77. The third-order valence-electron chi connectivity index (χ3n) is 15.2. The summed E-state index contributed by atoms with van der Waals surface area (Å²) in [6.07, 6.45) is 14.5. The van der Waals surface area contributed by atoms with Crippen LogP contribution in [0.4, 0.5) is 0 Å². The molecule has 9 nitrogen and oxygen atoms in total. The fraction of sp³-hybridized carbons (Fsp3) is 0.932. The largest absolute Gasteiger partial charge is 0.459 e. The van der Waals surface area contributed by atoms with Gasteiger partial charge in [0.1, 0.15) is 17.3 Å². The van der Waals surface area contributed by atoms with Crippen molar-refractivity contribution in [1.82, 2.24) is 0 Å². The van der Waals surface area contributed by atoms with Crippen LogP contribution in [0.5, 0.6) is 0 Å². The molecule has 0 radical (unpaired) electrons. The summed E-state index contributed by atoms with van der Waals surface area (Å²) in [6.45, 7) is 20.4. The van der Waals surface area contributed by atoms with Gasteiger partial charge in [0.2, 0.25) is 0 Å². The Kier molecular flexibility index (Phi) is 12.5. The van der Waals surface area contributed by atoms with Crippen LogP contribution in [0.2, 0.25) is 0 Å². The van der Waals surface area contributed by atoms with E-state index < -0.39 is 28.6 Å². The normalized spacial score (nSPS) is 39.4. The second-order valence-corrected chi connectivity index (χ2v) is 20.5. The fourth-order valence-corrected chi connectivity index (χ4v) is 11.1. The van der Waals surface area contributed by atoms with Gasteiger partial charge in [-0.2, -0.15) is 0 Å². The molecule has 304 valence electrons. The molecule has 8 bridgehead atoms. The molecule has 2 N–H and O–H groups in total. The van der Waals surface area contributed by atoms with Gasteiger partial charge in [-0.05, 0) is 167 Å². The highest BCUT2D eigenvalue weighted by Gasteiger charge is 2.60. The molecule has 9 aliphatic rings. The monoisotopic (exact) mass is 747 g/mol. The maximum atomic E-state index is 12.6. The summed E-state index contributed by atoms with van der Waals surface area (Å²) in [5.74, 6) is 3.93. The van der Waals surface area contributed by atoms with E-state index in [-0.39, 0.29) is 41.1 Å². The van der Waals surface area contributed by atoms with Gasteiger partial charge in [-0.15, -0.1) is 0 Å². The second-order valence-electron chi connectivity index (χ2n) is 20.5. The van der Waals surface area contributed by atoms with E-state index in [2.05, 4.69) is 13.8 Å². The number of hydrogen-bond donors (Lipinski definition) is 2. The van der Waals surface area contributed by atoms with Crippen molar-refractivity contribution in [1.29, 1.82) is 0 Å². The molecule has 0 aromatic carbocycles. The van der Waals surface area contributed by atoms with Crippen molar-refractivity contribution < 1.29 is 43.5 Å². The van der Waals surface area contributed by atoms with Crippen LogP contribution in [0.1, 0.15) is 166 Å². The lowest BCUT2D eigenvalue weighted by atomic mass is 9.49. The standard InChI is InChI=1S/C18H30O2.C16H26O3.C10H18O4/c1-5-17(3,4)16(19)20-18(6-2)14-8-12-7-13(10-14)11-15(18)9-12;1-4-14(2,3)13(17)19-16-8-11-5-12(9-16)7-15(18,6-11)10-16;1-4-10(2,3)9(12)14-8-6-13-5-7(8)11/h12-15H,5-11H2,1-4H3;11-12,18H,4-10H2,1-3H3;7-8,11H,4-6H2,1-3H3. The Labute approximate surface area is 320 Å². The van der Waals surface area contributed by atoms with Gasteiger partial charge in [0, 0.05) is 6.42 Å². The quantitative estimate of drug-likeness (QED) is 0.167. The molecule has 53 heavy (non-hydrogen) atoms. The molecular formula is C44H74O9. The predicted molar refractivity (Wildman–Crippen MR) is 204 cm³/mol. The van der Waals surface area contributed by atoms with Gasteiger partial charge >= 0.3 is 17.9 Å². The van der Waals surface area contributed by atoms with Crippen LogP contribution in [0, 0.1) is 51.8 Å². The molecule has 0 amide bonds. The molecule has 9 heteroatoms. The zero-order valence-electron chi connectivity index (χ0n) is 34.9. The van der Waals surface area contributed by atoms with Crippen LogP contribution >= 0.6 is 0 Å². The molecule has 1 heterocycles. The molecule has 1 saturated heterocycles. The predicted octanol–water partition coefficient (Wildman–Crippen LogP) is 8.35. The minimum atomic E-state index is -0.674. The summed E-state index contributed by atoms with van der Waals surface area (Å²) in [4.78, 5) is 36.6. The Hall–Kier alpha value is -1.71. The first-order chi connectivity index (χ1) is 24.6. The van der Waals surface area contributed by atoms with Crippen molar-refractivity contribution in [3.8, 4) is 0 Å². The lowest BCUT2D eigenvalue weighted by molar-refractivity contribution is -0.225. The van der Waals surface area contributed by atoms with Crippen molar-refractivity contribution in [2.45, 2.75) is 195 Å². The summed E-state index contributed by atoms with van der Waals surface area (Å²) >= 11 is 0. The number of ether oxygens (including phenoxy) is 4. The van der Waals surface area contributed by atoms with E-state index in [1.165, 1.54) is 38.5 Å². The smallest absolute Gasteiger partial charge is 0.312 e. The molecule has 9 rings (SSSR count). The number of rotatable bonds is 10. The van der Waals surface area contributed by atoms with E-state index in [1.807, 2.05) is 55.4 Å². The zero-order chi connectivity index (χ0) is 39.2. The van der Waals surface area contributed by atoms with Gasteiger partial charge < -0.3 is 29.2 Å². The summed E-state index contributed by atoms with van der Waals surface area (Å²) < 4.78 is 22.4. The van der Waals surface area contributed by atoms with E-state index in [0.29, 0.717) is 36.7 Å². The third kappa shape index (κ3) is 8.98. The number of esters is 3. The molecule has 8 saturated carbocycles. The summed E-state index contributed by atoms with van der Waals surface area (Å²) in [5.41, 5.74) is -2.27. The molecular weight excluding hydrogens is 672 g/mol. The van der Waals surface area contributed by atoms with Gasteiger partial charge in [-0.1, -0.05) is 27.7 Å². The Morgan fingerprint density at radius 1 is 0.642 bits per heavy atom. The molecule has 1 aliphatic heterocycles. The van der Waals surface area contributed by atoms with E-state index in [1.54, 1.807) is 0 Å². The first kappa shape index (κ1) is 42.4. The maximum Gasteiger partial charge on any atom is 0.312 e.